The number of benzene rings is 1. The average Bonchev–Trinajstić information content (AvgIpc) is 2.82. The lowest BCUT2D eigenvalue weighted by Crippen LogP contribution is -1.95. The molecule has 0 bridgehead atoms. The molecular formula is C10H10N4S. The van der Waals surface area contributed by atoms with Crippen LogP contribution >= 0.6 is 11.8 Å². The molecule has 1 atom stereocenters. The van der Waals surface area contributed by atoms with Crippen molar-refractivity contribution in [2.24, 2.45) is 0 Å². The second-order valence-electron chi connectivity index (χ2n) is 3.50. The average molecular weight is 218 g/mol. The highest BCUT2D eigenvalue weighted by atomic mass is 32.2. The Morgan fingerprint density at radius 2 is 2.27 bits per heavy atom. The summed E-state index contributed by atoms with van der Waals surface area (Å²) >= 11 is 1.81. The van der Waals surface area contributed by atoms with E-state index in [9.17, 15) is 0 Å². The van der Waals surface area contributed by atoms with Gasteiger partial charge >= 0.3 is 0 Å². The molecule has 5 heteroatoms. The first-order valence-electron chi connectivity index (χ1n) is 4.75. The van der Waals surface area contributed by atoms with Crippen LogP contribution in [0, 0.1) is 0 Å². The number of hydrogen-bond acceptors (Lipinski definition) is 4. The highest BCUT2D eigenvalue weighted by molar-refractivity contribution is 7.99. The molecule has 3 N–H and O–H groups in total. The van der Waals surface area contributed by atoms with Crippen LogP contribution in [-0.4, -0.2) is 15.2 Å². The number of hydrogen-bond donors (Lipinski definition) is 2. The molecule has 3 rings (SSSR count). The molecule has 0 aliphatic carbocycles. The van der Waals surface area contributed by atoms with E-state index in [2.05, 4.69) is 39.4 Å². The highest BCUT2D eigenvalue weighted by Gasteiger charge is 2.25. The lowest BCUT2D eigenvalue weighted by Gasteiger charge is -2.01. The fourth-order valence-corrected chi connectivity index (χ4v) is 3.01. The number of thioether (sulfide) groups is 1. The van der Waals surface area contributed by atoms with Crippen LogP contribution in [0.4, 0.5) is 5.95 Å². The van der Waals surface area contributed by atoms with Gasteiger partial charge in [-0.1, -0.05) is 18.2 Å². The fourth-order valence-electron chi connectivity index (χ4n) is 1.77. The molecular weight excluding hydrogens is 208 g/mol. The summed E-state index contributed by atoms with van der Waals surface area (Å²) in [5.74, 6) is 1.19. The Kier molecular flexibility index (Phi) is 1.92. The lowest BCUT2D eigenvalue weighted by atomic mass is 10.1. The Hall–Kier alpha value is -1.49. The van der Waals surface area contributed by atoms with Crippen LogP contribution in [0.5, 0.6) is 0 Å². The van der Waals surface area contributed by atoms with E-state index in [1.807, 2.05) is 11.8 Å². The molecule has 2 heterocycles. The van der Waals surface area contributed by atoms with E-state index in [0.29, 0.717) is 11.2 Å². The molecule has 0 fully saturated rings. The van der Waals surface area contributed by atoms with Gasteiger partial charge in [0.2, 0.25) is 5.95 Å². The van der Waals surface area contributed by atoms with Crippen molar-refractivity contribution in [3.05, 3.63) is 35.7 Å². The molecule has 0 saturated carbocycles. The molecule has 76 valence electrons. The number of nitrogens with one attached hydrogen (secondary N) is 1. The van der Waals surface area contributed by atoms with E-state index in [4.69, 9.17) is 5.73 Å². The van der Waals surface area contributed by atoms with E-state index >= 15 is 0 Å². The van der Waals surface area contributed by atoms with Gasteiger partial charge in [0, 0.05) is 4.90 Å². The van der Waals surface area contributed by atoms with Crippen molar-refractivity contribution < 1.29 is 0 Å². The number of aromatic nitrogens is 3. The van der Waals surface area contributed by atoms with Crippen molar-refractivity contribution in [1.82, 2.24) is 15.2 Å². The molecule has 2 aromatic rings. The van der Waals surface area contributed by atoms with Crippen LogP contribution in [0.2, 0.25) is 0 Å². The Morgan fingerprint density at radius 1 is 1.40 bits per heavy atom. The van der Waals surface area contributed by atoms with Gasteiger partial charge in [-0.15, -0.1) is 16.9 Å². The summed E-state index contributed by atoms with van der Waals surface area (Å²) in [5, 5.41) is 7.05. The summed E-state index contributed by atoms with van der Waals surface area (Å²) in [6, 6.07) is 8.42. The maximum atomic E-state index is 5.49. The standard InChI is InChI=1S/C10H10N4S/c11-10-12-9(13-14-10)8-5-6-3-1-2-4-7(6)15-8/h1-4,8H,5H2,(H3,11,12,13,14). The summed E-state index contributed by atoms with van der Waals surface area (Å²) in [6.45, 7) is 0. The maximum Gasteiger partial charge on any atom is 0.239 e. The van der Waals surface area contributed by atoms with Crippen LogP contribution in [-0.2, 0) is 6.42 Å². The minimum absolute atomic E-state index is 0.321. The van der Waals surface area contributed by atoms with Gasteiger partial charge in [-0.05, 0) is 18.1 Å². The summed E-state index contributed by atoms with van der Waals surface area (Å²) in [5.41, 5.74) is 6.87. The van der Waals surface area contributed by atoms with Gasteiger partial charge in [-0.3, -0.25) is 5.10 Å². The van der Waals surface area contributed by atoms with Crippen LogP contribution in [0.1, 0.15) is 16.6 Å². The number of fused-ring (bicyclic) bond motifs is 1. The number of anilines is 1. The van der Waals surface area contributed by atoms with E-state index in [0.717, 1.165) is 12.2 Å². The molecule has 1 aromatic heterocycles. The highest BCUT2D eigenvalue weighted by Crippen LogP contribution is 2.44. The van der Waals surface area contributed by atoms with Crippen molar-refractivity contribution in [3.8, 4) is 0 Å². The zero-order chi connectivity index (χ0) is 10.3. The van der Waals surface area contributed by atoms with Crippen molar-refractivity contribution in [2.45, 2.75) is 16.6 Å². The summed E-state index contributed by atoms with van der Waals surface area (Å²) < 4.78 is 0. The quantitative estimate of drug-likeness (QED) is 0.765. The van der Waals surface area contributed by atoms with E-state index in [-0.39, 0.29) is 0 Å². The van der Waals surface area contributed by atoms with Gasteiger partial charge in [0.15, 0.2) is 0 Å². The zero-order valence-corrected chi connectivity index (χ0v) is 8.79. The number of H-pyrrole nitrogens is 1. The van der Waals surface area contributed by atoms with Crippen molar-refractivity contribution >= 4 is 17.7 Å². The van der Waals surface area contributed by atoms with Gasteiger partial charge in [-0.25, -0.2) is 0 Å². The van der Waals surface area contributed by atoms with Crippen LogP contribution in [0.25, 0.3) is 0 Å². The monoisotopic (exact) mass is 218 g/mol. The number of nitrogens with zero attached hydrogens (tertiary/aromatic N) is 2. The predicted molar refractivity (Wildman–Crippen MR) is 59.5 cm³/mol. The van der Waals surface area contributed by atoms with E-state index in [1.54, 1.807) is 0 Å². The smallest absolute Gasteiger partial charge is 0.239 e. The predicted octanol–water partition coefficient (Wildman–Crippen LogP) is 1.78. The minimum atomic E-state index is 0.321. The Balaban J connectivity index is 1.90. The summed E-state index contributed by atoms with van der Waals surface area (Å²) in [6.07, 6.45) is 0.996. The second kappa shape index (κ2) is 3.27. The SMILES string of the molecule is Nc1n[nH]c(C2Cc3ccccc3S2)n1. The third kappa shape index (κ3) is 1.48. The van der Waals surface area contributed by atoms with E-state index < -0.39 is 0 Å². The molecule has 1 aliphatic rings. The van der Waals surface area contributed by atoms with Gasteiger partial charge in [0.1, 0.15) is 5.82 Å². The molecule has 0 radical (unpaired) electrons. The molecule has 4 nitrogen and oxygen atoms in total. The van der Waals surface area contributed by atoms with Crippen molar-refractivity contribution in [1.29, 1.82) is 0 Å². The zero-order valence-electron chi connectivity index (χ0n) is 7.97. The first-order valence-corrected chi connectivity index (χ1v) is 5.63. The second-order valence-corrected chi connectivity index (χ2v) is 4.74. The maximum absolute atomic E-state index is 5.49. The van der Waals surface area contributed by atoms with Gasteiger partial charge < -0.3 is 5.73 Å². The lowest BCUT2D eigenvalue weighted by molar-refractivity contribution is 0.857. The summed E-state index contributed by atoms with van der Waals surface area (Å²) in [4.78, 5) is 5.50. The van der Waals surface area contributed by atoms with Crippen molar-refractivity contribution in [2.75, 3.05) is 5.73 Å². The number of nitrogens with two attached hydrogens (primary N) is 1. The molecule has 1 unspecified atom stereocenters. The first kappa shape index (κ1) is 8.79. The molecule has 1 aromatic carbocycles. The fraction of sp³-hybridized carbons (Fsp3) is 0.200. The molecule has 15 heavy (non-hydrogen) atoms. The number of nitrogen functional groups attached to an aromatic ring is 1. The normalized spacial score (nSPS) is 19.1. The largest absolute Gasteiger partial charge is 0.367 e. The molecule has 0 spiro atoms. The molecule has 0 amide bonds. The van der Waals surface area contributed by atoms with Crippen LogP contribution in [0.3, 0.4) is 0 Å². The first-order chi connectivity index (χ1) is 7.33. The van der Waals surface area contributed by atoms with Gasteiger partial charge in [0.25, 0.3) is 0 Å². The molecule has 0 saturated heterocycles. The van der Waals surface area contributed by atoms with Gasteiger partial charge in [0.05, 0.1) is 5.25 Å². The van der Waals surface area contributed by atoms with Crippen LogP contribution < -0.4 is 5.73 Å². The topological polar surface area (TPSA) is 67.6 Å². The third-order valence-electron chi connectivity index (χ3n) is 2.47. The minimum Gasteiger partial charge on any atom is -0.367 e. The van der Waals surface area contributed by atoms with Gasteiger partial charge in [-0.2, -0.15) is 4.98 Å². The van der Waals surface area contributed by atoms with Crippen LogP contribution in [0.15, 0.2) is 29.2 Å². The Bertz CT molecular complexity index is 469. The number of rotatable bonds is 1. The third-order valence-corrected chi connectivity index (χ3v) is 3.80. The Morgan fingerprint density at radius 3 is 3.00 bits per heavy atom. The Labute approximate surface area is 91.3 Å². The number of aromatic amines is 1. The summed E-state index contributed by atoms with van der Waals surface area (Å²) in [7, 11) is 0. The molecule has 1 aliphatic heterocycles. The van der Waals surface area contributed by atoms with Crippen molar-refractivity contribution in [3.63, 3.8) is 0 Å². The van der Waals surface area contributed by atoms with E-state index in [1.165, 1.54) is 10.5 Å².